The Morgan fingerprint density at radius 3 is 2.52 bits per heavy atom. The lowest BCUT2D eigenvalue weighted by Gasteiger charge is -2.15. The Balaban J connectivity index is 2.35. The van der Waals surface area contributed by atoms with E-state index in [-0.39, 0.29) is 0 Å². The fourth-order valence-corrected chi connectivity index (χ4v) is 2.42. The SMILES string of the molecule is COc1ccc(C(Cc2cccc(C#N)c2)C(=O)O)cc1OC. The van der Waals surface area contributed by atoms with Crippen LogP contribution < -0.4 is 9.47 Å². The molecule has 1 unspecified atom stereocenters. The molecule has 0 aliphatic carbocycles. The third kappa shape index (κ3) is 3.80. The topological polar surface area (TPSA) is 79.5 Å². The van der Waals surface area contributed by atoms with Gasteiger partial charge >= 0.3 is 5.97 Å². The second-order valence-electron chi connectivity index (χ2n) is 5.02. The van der Waals surface area contributed by atoms with Crippen molar-refractivity contribution in [1.29, 1.82) is 5.26 Å². The van der Waals surface area contributed by atoms with Crippen LogP contribution >= 0.6 is 0 Å². The Kier molecular flexibility index (Phi) is 5.21. The van der Waals surface area contributed by atoms with Gasteiger partial charge in [0.25, 0.3) is 0 Å². The highest BCUT2D eigenvalue weighted by Crippen LogP contribution is 2.32. The Morgan fingerprint density at radius 2 is 1.91 bits per heavy atom. The number of benzene rings is 2. The van der Waals surface area contributed by atoms with Crippen molar-refractivity contribution >= 4 is 5.97 Å². The zero-order valence-corrected chi connectivity index (χ0v) is 12.9. The summed E-state index contributed by atoms with van der Waals surface area (Å²) in [7, 11) is 3.04. The van der Waals surface area contributed by atoms with Crippen molar-refractivity contribution in [3.05, 3.63) is 59.2 Å². The number of carboxylic acid groups (broad SMARTS) is 1. The van der Waals surface area contributed by atoms with Crippen LogP contribution in [0.1, 0.15) is 22.6 Å². The third-order valence-electron chi connectivity index (χ3n) is 3.60. The lowest BCUT2D eigenvalue weighted by atomic mass is 9.91. The van der Waals surface area contributed by atoms with Crippen molar-refractivity contribution in [2.24, 2.45) is 0 Å². The van der Waals surface area contributed by atoms with E-state index in [1.165, 1.54) is 14.2 Å². The number of nitrogens with zero attached hydrogens (tertiary/aromatic N) is 1. The van der Waals surface area contributed by atoms with Gasteiger partial charge in [-0.3, -0.25) is 4.79 Å². The van der Waals surface area contributed by atoms with Crippen LogP contribution in [-0.4, -0.2) is 25.3 Å². The maximum absolute atomic E-state index is 11.7. The highest BCUT2D eigenvalue weighted by molar-refractivity contribution is 5.77. The van der Waals surface area contributed by atoms with Crippen LogP contribution in [-0.2, 0) is 11.2 Å². The van der Waals surface area contributed by atoms with Crippen molar-refractivity contribution in [2.45, 2.75) is 12.3 Å². The van der Waals surface area contributed by atoms with Gasteiger partial charge in [0.05, 0.1) is 31.8 Å². The summed E-state index contributed by atoms with van der Waals surface area (Å²) in [6.07, 6.45) is 0.292. The number of aliphatic carboxylic acids is 1. The highest BCUT2D eigenvalue weighted by Gasteiger charge is 2.22. The molecule has 0 saturated carbocycles. The molecule has 2 aromatic rings. The summed E-state index contributed by atoms with van der Waals surface area (Å²) in [6, 6.07) is 14.1. The largest absolute Gasteiger partial charge is 0.493 e. The van der Waals surface area contributed by atoms with Gasteiger partial charge < -0.3 is 14.6 Å². The van der Waals surface area contributed by atoms with Crippen LogP contribution in [0.4, 0.5) is 0 Å². The number of methoxy groups -OCH3 is 2. The van der Waals surface area contributed by atoms with Crippen LogP contribution in [0.3, 0.4) is 0 Å². The van der Waals surface area contributed by atoms with Gasteiger partial charge in [-0.15, -0.1) is 0 Å². The molecule has 1 atom stereocenters. The van der Waals surface area contributed by atoms with Crippen LogP contribution in [0.15, 0.2) is 42.5 Å². The third-order valence-corrected chi connectivity index (χ3v) is 3.60. The molecule has 23 heavy (non-hydrogen) atoms. The molecular formula is C18H17NO4. The number of carboxylic acids is 1. The predicted octanol–water partition coefficient (Wildman–Crippen LogP) is 2.99. The van der Waals surface area contributed by atoms with Gasteiger partial charge in [0, 0.05) is 0 Å². The molecule has 2 rings (SSSR count). The summed E-state index contributed by atoms with van der Waals surface area (Å²) in [5, 5.41) is 18.5. The summed E-state index contributed by atoms with van der Waals surface area (Å²) in [6.45, 7) is 0. The van der Waals surface area contributed by atoms with E-state index in [0.717, 1.165) is 5.56 Å². The second kappa shape index (κ2) is 7.32. The summed E-state index contributed by atoms with van der Waals surface area (Å²) in [4.78, 5) is 11.7. The Hall–Kier alpha value is -3.00. The van der Waals surface area contributed by atoms with E-state index in [1.807, 2.05) is 6.07 Å². The van der Waals surface area contributed by atoms with Crippen LogP contribution in [0.5, 0.6) is 11.5 Å². The Labute approximate surface area is 134 Å². The summed E-state index contributed by atoms with van der Waals surface area (Å²) < 4.78 is 10.4. The molecule has 0 heterocycles. The molecule has 0 saturated heterocycles. The normalized spacial score (nSPS) is 11.3. The van der Waals surface area contributed by atoms with Crippen LogP contribution in [0.2, 0.25) is 0 Å². The lowest BCUT2D eigenvalue weighted by Crippen LogP contribution is -2.14. The lowest BCUT2D eigenvalue weighted by molar-refractivity contribution is -0.138. The quantitative estimate of drug-likeness (QED) is 0.887. The van der Waals surface area contributed by atoms with E-state index in [1.54, 1.807) is 36.4 Å². The first-order valence-corrected chi connectivity index (χ1v) is 7.02. The number of nitriles is 1. The Bertz CT molecular complexity index is 749. The fraction of sp³-hybridized carbons (Fsp3) is 0.222. The van der Waals surface area contributed by atoms with Gasteiger partial charge in [0.2, 0.25) is 0 Å². The summed E-state index contributed by atoms with van der Waals surface area (Å²) >= 11 is 0. The molecule has 0 amide bonds. The van der Waals surface area contributed by atoms with Gasteiger partial charge in [-0.25, -0.2) is 0 Å². The van der Waals surface area contributed by atoms with E-state index in [0.29, 0.717) is 29.0 Å². The average Bonchev–Trinajstić information content (AvgIpc) is 2.59. The minimum atomic E-state index is -0.931. The van der Waals surface area contributed by atoms with Gasteiger partial charge in [-0.05, 0) is 41.8 Å². The molecular weight excluding hydrogens is 294 g/mol. The summed E-state index contributed by atoms with van der Waals surface area (Å²) in [5.41, 5.74) is 1.93. The maximum atomic E-state index is 11.7. The molecule has 0 aromatic heterocycles. The molecule has 5 heteroatoms. The minimum absolute atomic E-state index is 0.292. The molecule has 0 bridgehead atoms. The van der Waals surface area contributed by atoms with Crippen molar-refractivity contribution in [3.8, 4) is 17.6 Å². The van der Waals surface area contributed by atoms with Gasteiger partial charge in [0.15, 0.2) is 11.5 Å². The zero-order chi connectivity index (χ0) is 16.8. The standard InChI is InChI=1S/C18H17NO4/c1-22-16-7-6-14(10-17(16)23-2)15(18(20)21)9-12-4-3-5-13(8-12)11-19/h3-8,10,15H,9H2,1-2H3,(H,20,21). The van der Waals surface area contributed by atoms with Crippen LogP contribution in [0.25, 0.3) is 0 Å². The van der Waals surface area contributed by atoms with Gasteiger partial charge in [-0.1, -0.05) is 18.2 Å². The van der Waals surface area contributed by atoms with Crippen LogP contribution in [0, 0.1) is 11.3 Å². The average molecular weight is 311 g/mol. The molecule has 5 nitrogen and oxygen atoms in total. The second-order valence-corrected chi connectivity index (χ2v) is 5.02. The molecule has 0 radical (unpaired) electrons. The fourth-order valence-electron chi connectivity index (χ4n) is 2.42. The Morgan fingerprint density at radius 1 is 1.17 bits per heavy atom. The van der Waals surface area contributed by atoms with Crippen molar-refractivity contribution < 1.29 is 19.4 Å². The number of hydrogen-bond acceptors (Lipinski definition) is 4. The molecule has 0 fully saturated rings. The van der Waals surface area contributed by atoms with E-state index in [9.17, 15) is 9.90 Å². The van der Waals surface area contributed by atoms with E-state index in [2.05, 4.69) is 6.07 Å². The molecule has 0 spiro atoms. The van der Waals surface area contributed by atoms with Crippen molar-refractivity contribution in [1.82, 2.24) is 0 Å². The monoisotopic (exact) mass is 311 g/mol. The maximum Gasteiger partial charge on any atom is 0.311 e. The molecule has 1 N–H and O–H groups in total. The van der Waals surface area contributed by atoms with E-state index < -0.39 is 11.9 Å². The smallest absolute Gasteiger partial charge is 0.311 e. The number of carbonyl (C=O) groups is 1. The first-order chi connectivity index (χ1) is 11.1. The zero-order valence-electron chi connectivity index (χ0n) is 12.9. The van der Waals surface area contributed by atoms with Gasteiger partial charge in [-0.2, -0.15) is 5.26 Å². The molecule has 118 valence electrons. The first kappa shape index (κ1) is 16.4. The summed E-state index contributed by atoms with van der Waals surface area (Å²) in [5.74, 6) is -0.628. The molecule has 0 aliphatic rings. The van der Waals surface area contributed by atoms with Gasteiger partial charge in [0.1, 0.15) is 0 Å². The van der Waals surface area contributed by atoms with Crippen molar-refractivity contribution in [3.63, 3.8) is 0 Å². The molecule has 2 aromatic carbocycles. The van der Waals surface area contributed by atoms with Crippen molar-refractivity contribution in [2.75, 3.05) is 14.2 Å². The first-order valence-electron chi connectivity index (χ1n) is 7.02. The number of ether oxygens (including phenoxy) is 2. The van der Waals surface area contributed by atoms with E-state index in [4.69, 9.17) is 14.7 Å². The number of hydrogen-bond donors (Lipinski definition) is 1. The highest BCUT2D eigenvalue weighted by atomic mass is 16.5. The molecule has 0 aliphatic heterocycles. The minimum Gasteiger partial charge on any atom is -0.493 e. The van der Waals surface area contributed by atoms with E-state index >= 15 is 0 Å². The number of rotatable bonds is 6. The predicted molar refractivity (Wildman–Crippen MR) is 84.8 cm³/mol.